The molecule has 0 aliphatic carbocycles. The van der Waals surface area contributed by atoms with E-state index in [2.05, 4.69) is 10.6 Å². The van der Waals surface area contributed by atoms with Gasteiger partial charge >= 0.3 is 12.0 Å². The standard InChI is InChI=1S/C11H12Cl2N2O4/c12-6-1-2-8(7(13)5-6)15-11(19)14-4-3-9(16)10(17)18/h1-2,5,9,16H,3-4H2,(H,17,18)(H2,14,15,19). The Bertz CT molecular complexity index is 482. The zero-order chi connectivity index (χ0) is 14.4. The third-order valence-electron chi connectivity index (χ3n) is 2.17. The molecular formula is C11H12Cl2N2O4. The number of nitrogens with one attached hydrogen (secondary N) is 2. The number of amides is 2. The van der Waals surface area contributed by atoms with Crippen LogP contribution < -0.4 is 10.6 Å². The first-order chi connectivity index (χ1) is 8.90. The topological polar surface area (TPSA) is 98.7 Å². The molecule has 0 spiro atoms. The maximum atomic E-state index is 11.5. The quantitative estimate of drug-likeness (QED) is 0.668. The summed E-state index contributed by atoms with van der Waals surface area (Å²) in [6, 6.07) is 4.03. The number of hydrogen-bond acceptors (Lipinski definition) is 3. The Morgan fingerprint density at radius 1 is 1.32 bits per heavy atom. The Kier molecular flexibility index (Phi) is 5.88. The number of carboxylic acid groups (broad SMARTS) is 1. The Hall–Kier alpha value is -1.50. The smallest absolute Gasteiger partial charge is 0.332 e. The Balaban J connectivity index is 2.41. The summed E-state index contributed by atoms with van der Waals surface area (Å²) in [5, 5.41) is 23.0. The van der Waals surface area contributed by atoms with Crippen molar-refractivity contribution >= 4 is 40.9 Å². The molecule has 8 heteroatoms. The van der Waals surface area contributed by atoms with Crippen LogP contribution in [0.25, 0.3) is 0 Å². The van der Waals surface area contributed by atoms with Crippen LogP contribution >= 0.6 is 23.2 Å². The number of rotatable bonds is 5. The van der Waals surface area contributed by atoms with Crippen molar-refractivity contribution in [2.45, 2.75) is 12.5 Å². The number of aliphatic carboxylic acids is 1. The van der Waals surface area contributed by atoms with Crippen LogP contribution in [-0.4, -0.2) is 34.9 Å². The van der Waals surface area contributed by atoms with E-state index in [1.807, 2.05) is 0 Å². The maximum Gasteiger partial charge on any atom is 0.332 e. The predicted molar refractivity (Wildman–Crippen MR) is 71.7 cm³/mol. The lowest BCUT2D eigenvalue weighted by atomic mass is 10.2. The van der Waals surface area contributed by atoms with E-state index in [0.29, 0.717) is 10.7 Å². The van der Waals surface area contributed by atoms with Crippen molar-refractivity contribution in [2.24, 2.45) is 0 Å². The first-order valence-electron chi connectivity index (χ1n) is 5.31. The summed E-state index contributed by atoms with van der Waals surface area (Å²) in [6.45, 7) is 0.0184. The first-order valence-corrected chi connectivity index (χ1v) is 6.06. The number of anilines is 1. The molecule has 0 aliphatic heterocycles. The van der Waals surface area contributed by atoms with Gasteiger partial charge in [-0.3, -0.25) is 0 Å². The monoisotopic (exact) mass is 306 g/mol. The number of aliphatic hydroxyl groups excluding tert-OH is 1. The van der Waals surface area contributed by atoms with Crippen molar-refractivity contribution < 1.29 is 19.8 Å². The highest BCUT2D eigenvalue weighted by Gasteiger charge is 2.13. The van der Waals surface area contributed by atoms with Crippen molar-refractivity contribution in [3.8, 4) is 0 Å². The highest BCUT2D eigenvalue weighted by molar-refractivity contribution is 6.36. The van der Waals surface area contributed by atoms with Gasteiger partial charge in [-0.2, -0.15) is 0 Å². The van der Waals surface area contributed by atoms with Crippen LogP contribution in [0.2, 0.25) is 10.0 Å². The van der Waals surface area contributed by atoms with Gasteiger partial charge in [0.15, 0.2) is 6.10 Å². The molecule has 0 heterocycles. The summed E-state index contributed by atoms with van der Waals surface area (Å²) in [5.41, 5.74) is 0.377. The molecule has 0 saturated heterocycles. The molecule has 1 rings (SSSR count). The largest absolute Gasteiger partial charge is 0.479 e. The summed E-state index contributed by atoms with van der Waals surface area (Å²) < 4.78 is 0. The van der Waals surface area contributed by atoms with Gasteiger partial charge in [0.05, 0.1) is 10.7 Å². The molecule has 1 aromatic carbocycles. The molecule has 0 radical (unpaired) electrons. The number of carboxylic acids is 1. The minimum absolute atomic E-state index is 0.0184. The fourth-order valence-electron chi connectivity index (χ4n) is 1.20. The van der Waals surface area contributed by atoms with Crippen molar-refractivity contribution in [2.75, 3.05) is 11.9 Å². The maximum absolute atomic E-state index is 11.5. The SMILES string of the molecule is O=C(NCCC(O)C(=O)O)Nc1ccc(Cl)cc1Cl. The van der Waals surface area contributed by atoms with Crippen molar-refractivity contribution in [1.82, 2.24) is 5.32 Å². The van der Waals surface area contributed by atoms with Crippen molar-refractivity contribution in [1.29, 1.82) is 0 Å². The van der Waals surface area contributed by atoms with E-state index >= 15 is 0 Å². The van der Waals surface area contributed by atoms with E-state index in [9.17, 15) is 9.59 Å². The van der Waals surface area contributed by atoms with Gasteiger partial charge in [0.2, 0.25) is 0 Å². The van der Waals surface area contributed by atoms with Crippen LogP contribution in [0, 0.1) is 0 Å². The zero-order valence-corrected chi connectivity index (χ0v) is 11.2. The summed E-state index contributed by atoms with van der Waals surface area (Å²) in [4.78, 5) is 21.8. The van der Waals surface area contributed by atoms with E-state index < -0.39 is 18.1 Å². The number of hydrogen-bond donors (Lipinski definition) is 4. The minimum Gasteiger partial charge on any atom is -0.479 e. The highest BCUT2D eigenvalue weighted by atomic mass is 35.5. The van der Waals surface area contributed by atoms with Crippen molar-refractivity contribution in [3.05, 3.63) is 28.2 Å². The Morgan fingerprint density at radius 2 is 2.00 bits per heavy atom. The van der Waals surface area contributed by atoms with Crippen LogP contribution in [0.1, 0.15) is 6.42 Å². The molecule has 0 saturated carbocycles. The second-order valence-electron chi connectivity index (χ2n) is 3.65. The van der Waals surface area contributed by atoms with Gasteiger partial charge in [0.1, 0.15) is 0 Å². The molecule has 104 valence electrons. The average Bonchev–Trinajstić information content (AvgIpc) is 2.32. The van der Waals surface area contributed by atoms with Crippen molar-refractivity contribution in [3.63, 3.8) is 0 Å². The average molecular weight is 307 g/mol. The highest BCUT2D eigenvalue weighted by Crippen LogP contribution is 2.25. The number of carbonyl (C=O) groups is 2. The molecule has 6 nitrogen and oxygen atoms in total. The molecule has 19 heavy (non-hydrogen) atoms. The van der Waals surface area contributed by atoms with Crippen LogP contribution in [0.15, 0.2) is 18.2 Å². The van der Waals surface area contributed by atoms with E-state index in [1.165, 1.54) is 12.1 Å². The summed E-state index contributed by atoms with van der Waals surface area (Å²) in [6.07, 6.45) is -1.59. The van der Waals surface area contributed by atoms with Crippen LogP contribution in [0.3, 0.4) is 0 Å². The number of carbonyl (C=O) groups excluding carboxylic acids is 1. The van der Waals surface area contributed by atoms with E-state index in [4.69, 9.17) is 33.4 Å². The number of aliphatic hydroxyl groups is 1. The van der Waals surface area contributed by atoms with Gasteiger partial charge in [0.25, 0.3) is 0 Å². The lowest BCUT2D eigenvalue weighted by Crippen LogP contribution is -2.33. The third kappa shape index (κ3) is 5.34. The summed E-state index contributed by atoms with van der Waals surface area (Å²) in [7, 11) is 0. The minimum atomic E-state index is -1.50. The van der Waals surface area contributed by atoms with E-state index in [-0.39, 0.29) is 18.0 Å². The zero-order valence-electron chi connectivity index (χ0n) is 9.69. The van der Waals surface area contributed by atoms with Crippen LogP contribution in [0.4, 0.5) is 10.5 Å². The van der Waals surface area contributed by atoms with Gasteiger partial charge in [-0.1, -0.05) is 23.2 Å². The van der Waals surface area contributed by atoms with Gasteiger partial charge in [-0.25, -0.2) is 9.59 Å². The molecule has 1 atom stereocenters. The first kappa shape index (κ1) is 15.6. The van der Waals surface area contributed by atoms with Gasteiger partial charge in [0, 0.05) is 18.0 Å². The fraction of sp³-hybridized carbons (Fsp3) is 0.273. The fourth-order valence-corrected chi connectivity index (χ4v) is 1.66. The molecule has 0 bridgehead atoms. The molecular weight excluding hydrogens is 295 g/mol. The van der Waals surface area contributed by atoms with E-state index in [1.54, 1.807) is 6.07 Å². The Labute approximate surface area is 119 Å². The van der Waals surface area contributed by atoms with Crippen LogP contribution in [-0.2, 0) is 4.79 Å². The second kappa shape index (κ2) is 7.18. The molecule has 1 unspecified atom stereocenters. The van der Waals surface area contributed by atoms with Gasteiger partial charge in [-0.15, -0.1) is 0 Å². The molecule has 0 aliphatic rings. The normalized spacial score (nSPS) is 11.7. The summed E-state index contributed by atoms with van der Waals surface area (Å²) in [5.74, 6) is -1.33. The third-order valence-corrected chi connectivity index (χ3v) is 2.72. The van der Waals surface area contributed by atoms with Crippen LogP contribution in [0.5, 0.6) is 0 Å². The molecule has 0 aromatic heterocycles. The van der Waals surface area contributed by atoms with Gasteiger partial charge < -0.3 is 20.8 Å². The number of urea groups is 1. The summed E-state index contributed by atoms with van der Waals surface area (Å²) >= 11 is 11.6. The van der Waals surface area contributed by atoms with Gasteiger partial charge in [-0.05, 0) is 18.2 Å². The Morgan fingerprint density at radius 3 is 2.58 bits per heavy atom. The molecule has 2 amide bonds. The molecule has 4 N–H and O–H groups in total. The second-order valence-corrected chi connectivity index (χ2v) is 4.49. The lowest BCUT2D eigenvalue weighted by molar-refractivity contribution is -0.146. The molecule has 0 fully saturated rings. The number of halogens is 2. The lowest BCUT2D eigenvalue weighted by Gasteiger charge is -2.10. The number of benzene rings is 1. The predicted octanol–water partition coefficient (Wildman–Crippen LogP) is 1.95. The van der Waals surface area contributed by atoms with E-state index in [0.717, 1.165) is 0 Å². The molecule has 1 aromatic rings.